The van der Waals surface area contributed by atoms with Crippen LogP contribution in [0.3, 0.4) is 0 Å². The summed E-state index contributed by atoms with van der Waals surface area (Å²) in [6, 6.07) is 11.4. The van der Waals surface area contributed by atoms with E-state index in [1.807, 2.05) is 6.07 Å². The Balaban J connectivity index is 2.64. The molecule has 0 aromatic heterocycles. The monoisotopic (exact) mass is 371 g/mol. The van der Waals surface area contributed by atoms with Crippen molar-refractivity contribution in [3.8, 4) is 6.07 Å². The van der Waals surface area contributed by atoms with Gasteiger partial charge in [0, 0.05) is 11.8 Å². The molecule has 2 rings (SSSR count). The highest BCUT2D eigenvalue weighted by atomic mass is 32.2. The molecule has 0 unspecified atom stereocenters. The second-order valence-corrected chi connectivity index (χ2v) is 7.54. The normalized spacial score (nSPS) is 10.7. The molecule has 0 saturated heterocycles. The van der Waals surface area contributed by atoms with Gasteiger partial charge in [0.25, 0.3) is 5.91 Å². The summed E-state index contributed by atoms with van der Waals surface area (Å²) in [6.07, 6.45) is 1.02. The summed E-state index contributed by atoms with van der Waals surface area (Å²) in [5.74, 6) is -1.16. The van der Waals surface area contributed by atoms with Gasteiger partial charge in [0.2, 0.25) is 0 Å². The van der Waals surface area contributed by atoms with Crippen molar-refractivity contribution >= 4 is 33.1 Å². The van der Waals surface area contributed by atoms with Gasteiger partial charge in [0.1, 0.15) is 6.07 Å². The Kier molecular flexibility index (Phi) is 5.28. The molecule has 26 heavy (non-hydrogen) atoms. The molecule has 0 spiro atoms. The van der Waals surface area contributed by atoms with E-state index in [2.05, 4.69) is 10.3 Å². The first-order valence-electron chi connectivity index (χ1n) is 7.38. The molecular weight excluding hydrogens is 354 g/mol. The number of hydrogen-bond acceptors (Lipinski definition) is 5. The lowest BCUT2D eigenvalue weighted by atomic mass is 10.1. The molecule has 134 valence electrons. The van der Waals surface area contributed by atoms with Crippen LogP contribution in [-0.2, 0) is 9.84 Å². The number of hydrogen-bond donors (Lipinski definition) is 3. The number of sulfone groups is 1. The van der Waals surface area contributed by atoms with E-state index < -0.39 is 21.7 Å². The summed E-state index contributed by atoms with van der Waals surface area (Å²) in [5.41, 5.74) is 12.0. The Morgan fingerprint density at radius 2 is 1.85 bits per heavy atom. The Hall–Kier alpha value is -3.38. The van der Waals surface area contributed by atoms with Gasteiger partial charge in [0.15, 0.2) is 15.8 Å². The highest BCUT2D eigenvalue weighted by Gasteiger charge is 2.20. The zero-order chi connectivity index (χ0) is 19.5. The summed E-state index contributed by atoms with van der Waals surface area (Å²) >= 11 is 0. The first-order chi connectivity index (χ1) is 12.1. The number of guanidine groups is 1. The molecule has 0 atom stereocenters. The third-order valence-electron chi connectivity index (χ3n) is 3.50. The van der Waals surface area contributed by atoms with E-state index in [-0.39, 0.29) is 16.1 Å². The molecular formula is C17H17N5O3S. The van der Waals surface area contributed by atoms with Crippen LogP contribution in [0, 0.1) is 18.3 Å². The number of para-hydroxylation sites is 1. The molecule has 0 saturated carbocycles. The number of carbonyl (C=O) groups is 1. The maximum Gasteiger partial charge on any atom is 0.280 e. The predicted octanol–water partition coefficient (Wildman–Crippen LogP) is 1.43. The molecule has 0 radical (unpaired) electrons. The zero-order valence-electron chi connectivity index (χ0n) is 14.1. The van der Waals surface area contributed by atoms with Crippen molar-refractivity contribution in [3.63, 3.8) is 0 Å². The third kappa shape index (κ3) is 4.17. The first-order valence-corrected chi connectivity index (χ1v) is 9.27. The van der Waals surface area contributed by atoms with E-state index in [9.17, 15) is 18.5 Å². The van der Waals surface area contributed by atoms with Crippen LogP contribution in [0.1, 0.15) is 21.5 Å². The standard InChI is InChI=1S/C17H17N5O3S/c1-10-7-14(21-13-6-4-3-5-11(13)9-18)15(26(2,24)25)8-12(10)16(23)22-17(19)20/h3-8,21H,1-2H3,(H4,19,20,22,23). The number of aryl methyl sites for hydroxylation is 1. The van der Waals surface area contributed by atoms with Crippen molar-refractivity contribution in [1.82, 2.24) is 0 Å². The number of carbonyl (C=O) groups excluding carboxylic acids is 1. The quantitative estimate of drug-likeness (QED) is 0.543. The Morgan fingerprint density at radius 3 is 2.42 bits per heavy atom. The fraction of sp³-hybridized carbons (Fsp3) is 0.118. The topological polar surface area (TPSA) is 151 Å². The number of benzene rings is 2. The van der Waals surface area contributed by atoms with E-state index in [4.69, 9.17) is 11.5 Å². The molecule has 1 amide bonds. The maximum atomic E-state index is 12.2. The van der Waals surface area contributed by atoms with Crippen LogP contribution in [0.5, 0.6) is 0 Å². The minimum Gasteiger partial charge on any atom is -0.370 e. The fourth-order valence-electron chi connectivity index (χ4n) is 2.34. The Bertz CT molecular complexity index is 1050. The maximum absolute atomic E-state index is 12.2. The van der Waals surface area contributed by atoms with Gasteiger partial charge in [-0.3, -0.25) is 4.79 Å². The van der Waals surface area contributed by atoms with Gasteiger partial charge in [-0.05, 0) is 36.8 Å². The number of amides is 1. The molecule has 2 aromatic rings. The summed E-state index contributed by atoms with van der Waals surface area (Å²) in [5, 5.41) is 12.1. The smallest absolute Gasteiger partial charge is 0.280 e. The van der Waals surface area contributed by atoms with Crippen LogP contribution in [0.4, 0.5) is 11.4 Å². The molecule has 0 aliphatic heterocycles. The van der Waals surface area contributed by atoms with Crippen molar-refractivity contribution in [2.75, 3.05) is 11.6 Å². The number of nitrogens with one attached hydrogen (secondary N) is 1. The van der Waals surface area contributed by atoms with Crippen molar-refractivity contribution in [1.29, 1.82) is 5.26 Å². The molecule has 0 aliphatic carbocycles. The van der Waals surface area contributed by atoms with Crippen molar-refractivity contribution in [2.24, 2.45) is 16.5 Å². The average molecular weight is 371 g/mol. The lowest BCUT2D eigenvalue weighted by Gasteiger charge is -2.15. The molecule has 9 heteroatoms. The summed E-state index contributed by atoms with van der Waals surface area (Å²) in [6.45, 7) is 1.63. The zero-order valence-corrected chi connectivity index (χ0v) is 15.0. The minimum absolute atomic E-state index is 0.0675. The molecule has 0 heterocycles. The number of nitrogens with two attached hydrogens (primary N) is 2. The highest BCUT2D eigenvalue weighted by molar-refractivity contribution is 7.90. The Morgan fingerprint density at radius 1 is 1.19 bits per heavy atom. The summed E-state index contributed by atoms with van der Waals surface area (Å²) < 4.78 is 24.4. The van der Waals surface area contributed by atoms with Gasteiger partial charge in [0.05, 0.1) is 21.8 Å². The van der Waals surface area contributed by atoms with Gasteiger partial charge < -0.3 is 16.8 Å². The van der Waals surface area contributed by atoms with Gasteiger partial charge in [-0.1, -0.05) is 12.1 Å². The fourth-order valence-corrected chi connectivity index (χ4v) is 3.18. The minimum atomic E-state index is -3.68. The van der Waals surface area contributed by atoms with E-state index in [1.165, 1.54) is 12.1 Å². The van der Waals surface area contributed by atoms with Crippen LogP contribution in [-0.4, -0.2) is 26.5 Å². The predicted molar refractivity (Wildman–Crippen MR) is 98.9 cm³/mol. The van der Waals surface area contributed by atoms with Crippen LogP contribution in [0.15, 0.2) is 46.3 Å². The van der Waals surface area contributed by atoms with Crippen molar-refractivity contribution in [3.05, 3.63) is 53.1 Å². The summed E-state index contributed by atoms with van der Waals surface area (Å²) in [4.78, 5) is 15.5. The summed E-state index contributed by atoms with van der Waals surface area (Å²) in [7, 11) is -3.68. The van der Waals surface area contributed by atoms with Gasteiger partial charge in [-0.2, -0.15) is 10.3 Å². The SMILES string of the molecule is Cc1cc(Nc2ccccc2C#N)c(S(C)(=O)=O)cc1C(=O)N=C(N)N. The van der Waals surface area contributed by atoms with E-state index in [0.717, 1.165) is 6.26 Å². The van der Waals surface area contributed by atoms with E-state index >= 15 is 0 Å². The molecule has 2 aromatic carbocycles. The number of nitriles is 1. The van der Waals surface area contributed by atoms with Gasteiger partial charge in [-0.25, -0.2) is 8.42 Å². The largest absolute Gasteiger partial charge is 0.370 e. The van der Waals surface area contributed by atoms with Crippen molar-refractivity contribution in [2.45, 2.75) is 11.8 Å². The number of rotatable bonds is 4. The number of anilines is 2. The van der Waals surface area contributed by atoms with E-state index in [1.54, 1.807) is 31.2 Å². The van der Waals surface area contributed by atoms with Gasteiger partial charge in [-0.15, -0.1) is 0 Å². The average Bonchev–Trinajstić information content (AvgIpc) is 2.53. The lowest BCUT2D eigenvalue weighted by molar-refractivity contribution is 0.100. The van der Waals surface area contributed by atoms with E-state index in [0.29, 0.717) is 16.8 Å². The second-order valence-electron chi connectivity index (χ2n) is 5.56. The van der Waals surface area contributed by atoms with Gasteiger partial charge >= 0.3 is 0 Å². The highest BCUT2D eigenvalue weighted by Crippen LogP contribution is 2.30. The molecule has 0 bridgehead atoms. The number of aliphatic imine (C=N–C) groups is 1. The molecule has 0 aliphatic rings. The molecule has 5 N–H and O–H groups in total. The third-order valence-corrected chi connectivity index (χ3v) is 4.64. The first kappa shape index (κ1) is 19.0. The van der Waals surface area contributed by atoms with Crippen molar-refractivity contribution < 1.29 is 13.2 Å². The second kappa shape index (κ2) is 7.25. The number of nitrogens with zero attached hydrogens (tertiary/aromatic N) is 2. The molecule has 8 nitrogen and oxygen atoms in total. The molecule has 0 fully saturated rings. The lowest BCUT2D eigenvalue weighted by Crippen LogP contribution is -2.24. The Labute approximate surface area is 151 Å². The van der Waals surface area contributed by atoms with Crippen LogP contribution >= 0.6 is 0 Å². The van der Waals surface area contributed by atoms with Crippen LogP contribution in [0.2, 0.25) is 0 Å². The van der Waals surface area contributed by atoms with Crippen LogP contribution < -0.4 is 16.8 Å². The van der Waals surface area contributed by atoms with Crippen LogP contribution in [0.25, 0.3) is 0 Å².